The molecule has 3 aromatic carbocycles. The molecule has 0 spiro atoms. The van der Waals surface area contributed by atoms with E-state index < -0.39 is 11.8 Å². The lowest BCUT2D eigenvalue weighted by Crippen LogP contribution is -2.31. The lowest BCUT2D eigenvalue weighted by atomic mass is 10.0. The van der Waals surface area contributed by atoms with E-state index in [1.807, 2.05) is 0 Å². The summed E-state index contributed by atoms with van der Waals surface area (Å²) in [6, 6.07) is 16.3. The average molecular weight is 396 g/mol. The van der Waals surface area contributed by atoms with Crippen LogP contribution in [0.2, 0.25) is 5.02 Å². The van der Waals surface area contributed by atoms with E-state index in [-0.39, 0.29) is 11.3 Å². The fourth-order valence-corrected chi connectivity index (χ4v) is 3.36. The van der Waals surface area contributed by atoms with Crippen molar-refractivity contribution in [3.05, 3.63) is 71.5 Å². The van der Waals surface area contributed by atoms with Gasteiger partial charge in [-0.3, -0.25) is 10.00 Å². The minimum Gasteiger partial charge on any atom is -0.382 e. The van der Waals surface area contributed by atoms with Gasteiger partial charge in [-0.2, -0.15) is 5.10 Å². The average Bonchev–Trinajstić information content (AvgIpc) is 3.06. The molecule has 8 heteroatoms. The summed E-state index contributed by atoms with van der Waals surface area (Å²) in [6.07, 6.45) is 0. The summed E-state index contributed by atoms with van der Waals surface area (Å²) in [5.74, 6) is -0.216. The van der Waals surface area contributed by atoms with Crippen LogP contribution in [0.3, 0.4) is 0 Å². The Morgan fingerprint density at radius 2 is 1.82 bits per heavy atom. The largest absolute Gasteiger partial charge is 0.382 e. The second-order valence-corrected chi connectivity index (χ2v) is 6.59. The first-order valence-corrected chi connectivity index (χ1v) is 8.71. The van der Waals surface area contributed by atoms with E-state index in [1.165, 1.54) is 11.0 Å². The number of nitrogen functional groups attached to an aromatic ring is 1. The van der Waals surface area contributed by atoms with E-state index in [9.17, 15) is 9.18 Å². The molecule has 6 nitrogen and oxygen atoms in total. The molecule has 0 fully saturated rings. The third-order valence-corrected chi connectivity index (χ3v) is 4.66. The van der Waals surface area contributed by atoms with Crippen LogP contribution in [0.5, 0.6) is 0 Å². The Bertz CT molecular complexity index is 1190. The van der Waals surface area contributed by atoms with Gasteiger partial charge in [0.1, 0.15) is 11.3 Å². The molecule has 4 aromatic rings. The van der Waals surface area contributed by atoms with E-state index >= 15 is 0 Å². The number of benzene rings is 3. The van der Waals surface area contributed by atoms with Gasteiger partial charge in [-0.05, 0) is 47.5 Å². The number of hydrogen-bond donors (Lipinski definition) is 3. The number of primary amides is 1. The van der Waals surface area contributed by atoms with Gasteiger partial charge in [-0.1, -0.05) is 35.9 Å². The molecule has 28 heavy (non-hydrogen) atoms. The molecule has 0 aliphatic heterocycles. The number of hydrogen-bond acceptors (Lipinski definition) is 3. The van der Waals surface area contributed by atoms with Crippen molar-refractivity contribution in [2.45, 2.75) is 0 Å². The number of carbonyl (C=O) groups excluding carboxylic acids is 1. The van der Waals surface area contributed by atoms with Crippen molar-refractivity contribution in [2.24, 2.45) is 5.73 Å². The number of halogens is 2. The number of aromatic amines is 1. The molecular formula is C20H15ClFN5O. The molecule has 0 bridgehead atoms. The number of rotatable bonds is 3. The highest BCUT2D eigenvalue weighted by atomic mass is 35.5. The van der Waals surface area contributed by atoms with Gasteiger partial charge in [-0.25, -0.2) is 9.18 Å². The lowest BCUT2D eigenvalue weighted by molar-refractivity contribution is 0.256. The molecule has 0 saturated carbocycles. The zero-order chi connectivity index (χ0) is 19.8. The van der Waals surface area contributed by atoms with Crippen molar-refractivity contribution in [1.82, 2.24) is 10.2 Å². The molecule has 1 heterocycles. The molecule has 140 valence electrons. The monoisotopic (exact) mass is 395 g/mol. The van der Waals surface area contributed by atoms with Crippen molar-refractivity contribution >= 4 is 45.7 Å². The van der Waals surface area contributed by atoms with E-state index in [1.54, 1.807) is 54.6 Å². The first-order valence-electron chi connectivity index (χ1n) is 8.33. The van der Waals surface area contributed by atoms with Crippen LogP contribution in [0.15, 0.2) is 60.7 Å². The Morgan fingerprint density at radius 3 is 2.50 bits per heavy atom. The zero-order valence-corrected chi connectivity index (χ0v) is 15.2. The maximum atomic E-state index is 14.0. The Hall–Kier alpha value is -3.58. The van der Waals surface area contributed by atoms with E-state index in [0.717, 1.165) is 11.1 Å². The van der Waals surface area contributed by atoms with Crippen LogP contribution in [-0.4, -0.2) is 16.2 Å². The SMILES string of the molecule is NC(=O)N(c1ccc(-c2ccc(F)c3[nH]nc(N)c23)cc1)c1cccc(Cl)c1. The minimum atomic E-state index is -0.640. The summed E-state index contributed by atoms with van der Waals surface area (Å²) in [5.41, 5.74) is 14.4. The number of amides is 2. The van der Waals surface area contributed by atoms with Crippen molar-refractivity contribution in [3.8, 4) is 11.1 Å². The molecule has 0 radical (unpaired) electrons. The quantitative estimate of drug-likeness (QED) is 0.463. The molecule has 0 saturated heterocycles. The summed E-state index contributed by atoms with van der Waals surface area (Å²) >= 11 is 6.03. The van der Waals surface area contributed by atoms with Crippen LogP contribution in [0.4, 0.5) is 26.4 Å². The van der Waals surface area contributed by atoms with E-state index in [0.29, 0.717) is 21.8 Å². The number of fused-ring (bicyclic) bond motifs is 1. The molecule has 5 N–H and O–H groups in total. The summed E-state index contributed by atoms with van der Waals surface area (Å²) in [7, 11) is 0. The molecule has 0 unspecified atom stereocenters. The van der Waals surface area contributed by atoms with Crippen LogP contribution in [0.25, 0.3) is 22.0 Å². The summed E-state index contributed by atoms with van der Waals surface area (Å²) < 4.78 is 14.0. The maximum absolute atomic E-state index is 14.0. The number of urea groups is 1. The number of nitrogens with two attached hydrogens (primary N) is 2. The van der Waals surface area contributed by atoms with Crippen LogP contribution in [0.1, 0.15) is 0 Å². The molecular weight excluding hydrogens is 381 g/mol. The Balaban J connectivity index is 1.78. The number of H-pyrrole nitrogens is 1. The van der Waals surface area contributed by atoms with Crippen molar-refractivity contribution in [3.63, 3.8) is 0 Å². The van der Waals surface area contributed by atoms with Gasteiger partial charge in [0.15, 0.2) is 5.82 Å². The highest BCUT2D eigenvalue weighted by Gasteiger charge is 2.17. The molecule has 1 aromatic heterocycles. The first kappa shape index (κ1) is 17.8. The van der Waals surface area contributed by atoms with Crippen molar-refractivity contribution < 1.29 is 9.18 Å². The number of aromatic nitrogens is 2. The Labute approximate surface area is 164 Å². The van der Waals surface area contributed by atoms with Crippen LogP contribution in [-0.2, 0) is 0 Å². The van der Waals surface area contributed by atoms with Gasteiger partial charge in [0.2, 0.25) is 0 Å². The van der Waals surface area contributed by atoms with Crippen LogP contribution >= 0.6 is 11.6 Å². The third kappa shape index (κ3) is 3.01. The van der Waals surface area contributed by atoms with Crippen LogP contribution < -0.4 is 16.4 Å². The van der Waals surface area contributed by atoms with Gasteiger partial charge >= 0.3 is 6.03 Å². The summed E-state index contributed by atoms with van der Waals surface area (Å²) in [6.45, 7) is 0. The Kier molecular flexibility index (Phi) is 4.37. The highest BCUT2D eigenvalue weighted by Crippen LogP contribution is 2.35. The fraction of sp³-hybridized carbons (Fsp3) is 0. The van der Waals surface area contributed by atoms with E-state index in [2.05, 4.69) is 10.2 Å². The molecule has 0 aliphatic carbocycles. The van der Waals surface area contributed by atoms with Gasteiger partial charge in [0, 0.05) is 5.02 Å². The van der Waals surface area contributed by atoms with Crippen LogP contribution in [0, 0.1) is 5.82 Å². The number of carbonyl (C=O) groups is 1. The third-order valence-electron chi connectivity index (χ3n) is 4.42. The molecule has 2 amide bonds. The highest BCUT2D eigenvalue weighted by molar-refractivity contribution is 6.31. The molecule has 0 aliphatic rings. The fourth-order valence-electron chi connectivity index (χ4n) is 3.17. The maximum Gasteiger partial charge on any atom is 0.323 e. The van der Waals surface area contributed by atoms with Crippen molar-refractivity contribution in [2.75, 3.05) is 10.6 Å². The van der Waals surface area contributed by atoms with Gasteiger partial charge < -0.3 is 11.5 Å². The lowest BCUT2D eigenvalue weighted by Gasteiger charge is -2.21. The second-order valence-electron chi connectivity index (χ2n) is 6.15. The standard InChI is InChI=1S/C20H15ClFN5O/c21-12-2-1-3-14(10-12)27(20(24)28)13-6-4-11(5-7-13)15-8-9-16(22)18-17(15)19(23)26-25-18/h1-10H,(H2,24,28)(H3,23,25,26). The molecule has 0 atom stereocenters. The summed E-state index contributed by atoms with van der Waals surface area (Å²) in [4.78, 5) is 13.4. The first-order chi connectivity index (χ1) is 13.5. The smallest absolute Gasteiger partial charge is 0.323 e. The predicted molar refractivity (Wildman–Crippen MR) is 109 cm³/mol. The van der Waals surface area contributed by atoms with Crippen molar-refractivity contribution in [1.29, 1.82) is 0 Å². The predicted octanol–water partition coefficient (Wildman–Crippen LogP) is 4.82. The molecule has 4 rings (SSSR count). The topological polar surface area (TPSA) is 101 Å². The number of nitrogens with zero attached hydrogens (tertiary/aromatic N) is 2. The Morgan fingerprint density at radius 1 is 1.07 bits per heavy atom. The van der Waals surface area contributed by atoms with E-state index in [4.69, 9.17) is 23.1 Å². The minimum absolute atomic E-state index is 0.214. The normalized spacial score (nSPS) is 10.9. The van der Waals surface area contributed by atoms with Gasteiger partial charge in [-0.15, -0.1) is 0 Å². The number of nitrogens with one attached hydrogen (secondary N) is 1. The second kappa shape index (κ2) is 6.86. The van der Waals surface area contributed by atoms with Gasteiger partial charge in [0.25, 0.3) is 0 Å². The number of anilines is 3. The van der Waals surface area contributed by atoms with Gasteiger partial charge in [0.05, 0.1) is 16.8 Å². The zero-order valence-electron chi connectivity index (χ0n) is 14.5. The summed E-state index contributed by atoms with van der Waals surface area (Å²) in [5, 5.41) is 7.50.